The molecule has 0 atom stereocenters. The highest BCUT2D eigenvalue weighted by Gasteiger charge is 2.18. The van der Waals surface area contributed by atoms with E-state index in [1.54, 1.807) is 0 Å². The van der Waals surface area contributed by atoms with Gasteiger partial charge in [-0.1, -0.05) is 88.7 Å². The second kappa shape index (κ2) is 7.76. The second-order valence-electron chi connectivity index (χ2n) is 8.51. The van der Waals surface area contributed by atoms with Crippen molar-refractivity contribution >= 4 is 69.1 Å². The summed E-state index contributed by atoms with van der Waals surface area (Å²) >= 11 is 5.56. The largest absolute Gasteiger partial charge is 0.256 e. The third-order valence-electron chi connectivity index (χ3n) is 6.57. The molecule has 2 aromatic heterocycles. The van der Waals surface area contributed by atoms with Crippen LogP contribution in [-0.2, 0) is 0 Å². The highest BCUT2D eigenvalue weighted by atomic mass is 79.9. The standard InChI is InChI=1S/C31H18BrNS/c32-22-13-15-26-25(18-22)30-27(34-26)16-14-24(28(30)19-6-2-1-3-7-19)23-10-4-8-20-11-12-21-9-5-17-33-31(21)29(20)23/h1-18H. The Balaban J connectivity index is 1.69. The number of benzene rings is 5. The number of aromatic nitrogens is 1. The Hall–Kier alpha value is -3.53. The van der Waals surface area contributed by atoms with Crippen LogP contribution in [0, 0.1) is 0 Å². The number of nitrogens with zero attached hydrogens (tertiary/aromatic N) is 1. The van der Waals surface area contributed by atoms with Crippen LogP contribution in [0.4, 0.5) is 0 Å². The number of halogens is 1. The number of rotatable bonds is 2. The van der Waals surface area contributed by atoms with Gasteiger partial charge in [-0.05, 0) is 58.0 Å². The zero-order chi connectivity index (χ0) is 22.6. The van der Waals surface area contributed by atoms with Gasteiger partial charge in [-0.2, -0.15) is 0 Å². The molecule has 0 amide bonds. The van der Waals surface area contributed by atoms with Gasteiger partial charge in [0.1, 0.15) is 0 Å². The minimum Gasteiger partial charge on any atom is -0.256 e. The van der Waals surface area contributed by atoms with Crippen molar-refractivity contribution < 1.29 is 0 Å². The van der Waals surface area contributed by atoms with Crippen LogP contribution in [0.2, 0.25) is 0 Å². The summed E-state index contributed by atoms with van der Waals surface area (Å²) in [6.07, 6.45) is 1.89. The molecule has 0 unspecified atom stereocenters. The first-order valence-corrected chi connectivity index (χ1v) is 12.9. The molecule has 0 aliphatic carbocycles. The van der Waals surface area contributed by atoms with Gasteiger partial charge in [-0.3, -0.25) is 4.98 Å². The molecule has 0 spiro atoms. The highest BCUT2D eigenvalue weighted by Crippen LogP contribution is 2.47. The van der Waals surface area contributed by atoms with Gasteiger partial charge in [0.05, 0.1) is 5.52 Å². The molecule has 0 N–H and O–H groups in total. The molecule has 0 saturated carbocycles. The van der Waals surface area contributed by atoms with E-state index in [4.69, 9.17) is 4.98 Å². The Morgan fingerprint density at radius 2 is 1.44 bits per heavy atom. The molecule has 3 heteroatoms. The molecule has 1 nitrogen and oxygen atoms in total. The first-order valence-electron chi connectivity index (χ1n) is 11.2. The van der Waals surface area contributed by atoms with Crippen LogP contribution >= 0.6 is 27.3 Å². The number of thiophene rings is 1. The minimum absolute atomic E-state index is 1.05. The van der Waals surface area contributed by atoms with Gasteiger partial charge in [-0.15, -0.1) is 11.3 Å². The maximum absolute atomic E-state index is 4.81. The molecule has 160 valence electrons. The lowest BCUT2D eigenvalue weighted by Gasteiger charge is -2.16. The summed E-state index contributed by atoms with van der Waals surface area (Å²) < 4.78 is 3.71. The van der Waals surface area contributed by atoms with Crippen molar-refractivity contribution in [1.29, 1.82) is 0 Å². The number of fused-ring (bicyclic) bond motifs is 6. The lowest BCUT2D eigenvalue weighted by Crippen LogP contribution is -1.90. The first kappa shape index (κ1) is 19.9. The van der Waals surface area contributed by atoms with Crippen LogP contribution in [0.5, 0.6) is 0 Å². The van der Waals surface area contributed by atoms with Crippen molar-refractivity contribution in [3.05, 3.63) is 114 Å². The summed E-state index contributed by atoms with van der Waals surface area (Å²) in [7, 11) is 0. The van der Waals surface area contributed by atoms with Crippen LogP contribution in [-0.4, -0.2) is 4.98 Å². The number of pyridine rings is 1. The summed E-state index contributed by atoms with van der Waals surface area (Å²) in [6, 6.07) is 37.1. The lowest BCUT2D eigenvalue weighted by molar-refractivity contribution is 1.43. The van der Waals surface area contributed by atoms with Gasteiger partial charge in [0.25, 0.3) is 0 Å². The van der Waals surface area contributed by atoms with E-state index in [2.05, 4.69) is 113 Å². The summed E-state index contributed by atoms with van der Waals surface area (Å²) in [5.41, 5.74) is 6.02. The van der Waals surface area contributed by atoms with Crippen LogP contribution in [0.25, 0.3) is 64.1 Å². The quantitative estimate of drug-likeness (QED) is 0.208. The van der Waals surface area contributed by atoms with Crippen molar-refractivity contribution in [3.8, 4) is 22.3 Å². The highest BCUT2D eigenvalue weighted by molar-refractivity contribution is 9.10. The summed E-state index contributed by atoms with van der Waals surface area (Å²) in [5, 5.41) is 6.18. The van der Waals surface area contributed by atoms with E-state index >= 15 is 0 Å². The Kier molecular flexibility index (Phi) is 4.54. The molecule has 2 heterocycles. The fourth-order valence-electron chi connectivity index (χ4n) is 5.11. The Labute approximate surface area is 209 Å². The van der Waals surface area contributed by atoms with E-state index in [1.165, 1.54) is 53.2 Å². The van der Waals surface area contributed by atoms with Crippen molar-refractivity contribution in [1.82, 2.24) is 4.98 Å². The SMILES string of the molecule is Brc1ccc2sc3ccc(-c4cccc5ccc6cccnc6c45)c(-c4ccccc4)c3c2c1. The second-order valence-corrected chi connectivity index (χ2v) is 10.5. The Morgan fingerprint density at radius 1 is 0.618 bits per heavy atom. The van der Waals surface area contributed by atoms with Crippen LogP contribution in [0.1, 0.15) is 0 Å². The fourth-order valence-corrected chi connectivity index (χ4v) is 6.56. The van der Waals surface area contributed by atoms with Gasteiger partial charge < -0.3 is 0 Å². The van der Waals surface area contributed by atoms with E-state index in [1.807, 2.05) is 23.6 Å². The van der Waals surface area contributed by atoms with Gasteiger partial charge in [0.15, 0.2) is 0 Å². The molecule has 0 aliphatic rings. The zero-order valence-electron chi connectivity index (χ0n) is 18.1. The molecule has 7 aromatic rings. The van der Waals surface area contributed by atoms with Crippen molar-refractivity contribution in [2.24, 2.45) is 0 Å². The predicted molar refractivity (Wildman–Crippen MR) is 151 cm³/mol. The third kappa shape index (κ3) is 3.01. The third-order valence-corrected chi connectivity index (χ3v) is 8.19. The average Bonchev–Trinajstić information content (AvgIpc) is 3.26. The van der Waals surface area contributed by atoms with Gasteiger partial charge in [-0.25, -0.2) is 0 Å². The number of hydrogen-bond acceptors (Lipinski definition) is 2. The maximum Gasteiger partial charge on any atom is 0.0786 e. The summed E-state index contributed by atoms with van der Waals surface area (Å²) in [5.74, 6) is 0. The van der Waals surface area contributed by atoms with Gasteiger partial charge in [0.2, 0.25) is 0 Å². The van der Waals surface area contributed by atoms with Crippen molar-refractivity contribution in [2.75, 3.05) is 0 Å². The van der Waals surface area contributed by atoms with E-state index < -0.39 is 0 Å². The van der Waals surface area contributed by atoms with Crippen LogP contribution in [0.15, 0.2) is 114 Å². The monoisotopic (exact) mass is 515 g/mol. The van der Waals surface area contributed by atoms with Gasteiger partial charge in [0, 0.05) is 41.6 Å². The van der Waals surface area contributed by atoms with E-state index in [-0.39, 0.29) is 0 Å². The van der Waals surface area contributed by atoms with Crippen LogP contribution in [0.3, 0.4) is 0 Å². The normalized spacial score (nSPS) is 11.7. The maximum atomic E-state index is 4.81. The predicted octanol–water partition coefficient (Wildman–Crippen LogP) is 9.85. The van der Waals surface area contributed by atoms with Gasteiger partial charge >= 0.3 is 0 Å². The summed E-state index contributed by atoms with van der Waals surface area (Å²) in [6.45, 7) is 0. The molecule has 5 aromatic carbocycles. The molecule has 34 heavy (non-hydrogen) atoms. The topological polar surface area (TPSA) is 12.9 Å². The van der Waals surface area contributed by atoms with Crippen molar-refractivity contribution in [3.63, 3.8) is 0 Å². The van der Waals surface area contributed by atoms with Crippen LogP contribution < -0.4 is 0 Å². The molecular weight excluding hydrogens is 498 g/mol. The van der Waals surface area contributed by atoms with E-state index in [9.17, 15) is 0 Å². The molecule has 0 radical (unpaired) electrons. The lowest BCUT2D eigenvalue weighted by atomic mass is 9.88. The molecule has 0 bridgehead atoms. The van der Waals surface area contributed by atoms with E-state index in [0.717, 1.165) is 15.4 Å². The van der Waals surface area contributed by atoms with E-state index in [0.29, 0.717) is 0 Å². The Bertz CT molecular complexity index is 1870. The molecule has 7 rings (SSSR count). The average molecular weight is 516 g/mol. The first-order chi connectivity index (χ1) is 16.8. The minimum atomic E-state index is 1.05. The molecule has 0 saturated heterocycles. The fraction of sp³-hybridized carbons (Fsp3) is 0. The zero-order valence-corrected chi connectivity index (χ0v) is 20.5. The smallest absolute Gasteiger partial charge is 0.0786 e. The number of hydrogen-bond donors (Lipinski definition) is 0. The molecule has 0 aliphatic heterocycles. The summed E-state index contributed by atoms with van der Waals surface area (Å²) in [4.78, 5) is 4.81. The van der Waals surface area contributed by atoms with Crippen molar-refractivity contribution in [2.45, 2.75) is 0 Å². The molecular formula is C31H18BrNS. The Morgan fingerprint density at radius 3 is 2.35 bits per heavy atom. The molecule has 0 fully saturated rings.